The van der Waals surface area contributed by atoms with Crippen LogP contribution in [0.5, 0.6) is 0 Å². The molecule has 0 aromatic rings. The Balaban J connectivity index is 4.01. The van der Waals surface area contributed by atoms with Gasteiger partial charge in [0.1, 0.15) is 0 Å². The summed E-state index contributed by atoms with van der Waals surface area (Å²) in [7, 11) is 0. The van der Waals surface area contributed by atoms with Crippen molar-refractivity contribution in [1.82, 2.24) is 5.32 Å². The maximum absolute atomic E-state index is 11.6. The van der Waals surface area contributed by atoms with Crippen LogP contribution in [0, 0.1) is 178 Å². The maximum Gasteiger partial charge on any atom is 0.385 e. The van der Waals surface area contributed by atoms with Crippen molar-refractivity contribution in [2.24, 2.45) is 0 Å². The van der Waals surface area contributed by atoms with Gasteiger partial charge in [0.2, 0.25) is 0 Å². The van der Waals surface area contributed by atoms with Crippen LogP contribution in [0.25, 0.3) is 0 Å². The molecule has 0 heterocycles. The van der Waals surface area contributed by atoms with Crippen molar-refractivity contribution in [2.75, 3.05) is 26.3 Å². The van der Waals surface area contributed by atoms with Gasteiger partial charge in [-0.2, -0.15) is 0 Å². The van der Waals surface area contributed by atoms with Gasteiger partial charge in [-0.1, -0.05) is 11.8 Å². The lowest BCUT2D eigenvalue weighted by Crippen LogP contribution is -2.20. The van der Waals surface area contributed by atoms with Crippen molar-refractivity contribution in [1.29, 1.82) is 0 Å². The first-order chi connectivity index (χ1) is 22.2. The average Bonchev–Trinajstić information content (AvgIpc) is 3.04. The van der Waals surface area contributed by atoms with E-state index in [0.29, 0.717) is 25.9 Å². The van der Waals surface area contributed by atoms with Crippen molar-refractivity contribution in [3.8, 4) is 178 Å². The lowest BCUT2D eigenvalue weighted by atomic mass is 10.4. The lowest BCUT2D eigenvalue weighted by molar-refractivity contribution is -0.137. The topological polar surface area (TPSA) is 64.6 Å². The van der Waals surface area contributed by atoms with Gasteiger partial charge in [-0.15, -0.1) is 0 Å². The highest BCUT2D eigenvalue weighted by molar-refractivity contribution is 5.89. The van der Waals surface area contributed by atoms with Crippen molar-refractivity contribution >= 4 is 11.9 Å². The van der Waals surface area contributed by atoms with Gasteiger partial charge in [-0.25, -0.2) is 9.59 Å². The minimum absolute atomic E-state index is 0.190. The second-order valence-corrected chi connectivity index (χ2v) is 6.73. The van der Waals surface area contributed by atoms with Gasteiger partial charge >= 0.3 is 11.9 Å². The molecule has 0 bridgehead atoms. The van der Waals surface area contributed by atoms with E-state index < -0.39 is 11.9 Å². The summed E-state index contributed by atoms with van der Waals surface area (Å²) in [5.41, 5.74) is 0. The molecule has 45 heavy (non-hydrogen) atoms. The summed E-state index contributed by atoms with van der Waals surface area (Å²) in [5, 5.41) is 3.13. The van der Waals surface area contributed by atoms with Gasteiger partial charge in [0.15, 0.2) is 0 Å². The van der Waals surface area contributed by atoms with Crippen LogP contribution in [-0.4, -0.2) is 38.2 Å². The van der Waals surface area contributed by atoms with Crippen LogP contribution in [-0.2, 0) is 19.1 Å². The zero-order valence-corrected chi connectivity index (χ0v) is 24.4. The molecule has 0 aliphatic carbocycles. The average molecular weight is 578 g/mol. The largest absolute Gasteiger partial charge is 0.456 e. The summed E-state index contributed by atoms with van der Waals surface area (Å²) < 4.78 is 9.95. The number of carbonyl (C=O) groups excluding carboxylic acids is 2. The zero-order valence-electron chi connectivity index (χ0n) is 24.4. The fourth-order valence-corrected chi connectivity index (χ4v) is 1.90. The van der Waals surface area contributed by atoms with Crippen molar-refractivity contribution in [3.05, 3.63) is 0 Å². The first-order valence-electron chi connectivity index (χ1n) is 12.6. The summed E-state index contributed by atoms with van der Waals surface area (Å²) in [5.74, 6) is 72.6. The van der Waals surface area contributed by atoms with E-state index in [1.54, 1.807) is 13.8 Å². The van der Waals surface area contributed by atoms with Crippen LogP contribution in [0.2, 0.25) is 0 Å². The van der Waals surface area contributed by atoms with Gasteiger partial charge in [0.25, 0.3) is 0 Å². The highest BCUT2D eigenvalue weighted by Crippen LogP contribution is 1.85. The van der Waals surface area contributed by atoms with Gasteiger partial charge in [-0.3, -0.25) is 0 Å². The molecule has 0 aliphatic rings. The fraction of sp³-hybridized carbons (Fsp3) is 0.200. The molecular formula is C40H19NO4. The molecule has 0 saturated carbocycles. The van der Waals surface area contributed by atoms with Gasteiger partial charge in [0.05, 0.1) is 13.2 Å². The normalized spacial score (nSPS) is 5.91. The molecule has 0 aromatic heterocycles. The third-order valence-electron chi connectivity index (χ3n) is 3.54. The maximum atomic E-state index is 11.6. The van der Waals surface area contributed by atoms with Crippen molar-refractivity contribution in [3.63, 3.8) is 0 Å². The van der Waals surface area contributed by atoms with Crippen LogP contribution in [0.4, 0.5) is 0 Å². The smallest absolute Gasteiger partial charge is 0.385 e. The molecule has 0 amide bonds. The number of carbonyl (C=O) groups is 2. The molecule has 0 spiro atoms. The molecule has 0 aromatic carbocycles. The Morgan fingerprint density at radius 2 is 0.644 bits per heavy atom. The van der Waals surface area contributed by atoms with Crippen LogP contribution >= 0.6 is 0 Å². The molecule has 5 nitrogen and oxygen atoms in total. The standard InChI is InChI=1S/C40H19NO4/c1-3-5-7-9-11-13-15-17-18-20-22-24-26-28-30-34-40(43)45-38-32-36-41-35-31-37-44-39(42)33-29-27-25-23-21-19-16-14-12-10-8-6-4-2/h41H,31-32,35-38H2,1-2H3. The second kappa shape index (κ2) is 32.5. The number of ether oxygens (including phenoxy) is 2. The molecular weight excluding hydrogens is 558 g/mol. The minimum atomic E-state index is -0.691. The first kappa shape index (κ1) is 37.3. The molecule has 0 radical (unpaired) electrons. The van der Waals surface area contributed by atoms with E-state index >= 15 is 0 Å². The lowest BCUT2D eigenvalue weighted by Gasteiger charge is -2.04. The number of hydrogen-bond donors (Lipinski definition) is 1. The number of rotatable bonds is 8. The van der Waals surface area contributed by atoms with Crippen molar-refractivity contribution < 1.29 is 19.1 Å². The highest BCUT2D eigenvalue weighted by atomic mass is 16.5. The molecule has 0 aliphatic heterocycles. The Bertz CT molecular complexity index is 2080. The Morgan fingerprint density at radius 1 is 0.400 bits per heavy atom. The molecule has 0 rings (SSSR count). The number of esters is 2. The number of nitrogens with one attached hydrogen (secondary N) is 1. The van der Waals surface area contributed by atoms with E-state index in [-0.39, 0.29) is 13.2 Å². The summed E-state index contributed by atoms with van der Waals surface area (Å²) in [6, 6.07) is 0. The SMILES string of the molecule is CC#CC#CC#CC#CC#CC#CC#CC#CC(=O)OCCCNCCCOC(=O)C#CC#CC#CC#CC#CC#CC#CC. The van der Waals surface area contributed by atoms with Gasteiger partial charge in [0, 0.05) is 11.8 Å². The zero-order chi connectivity index (χ0) is 32.7. The summed E-state index contributed by atoms with van der Waals surface area (Å²) in [6.07, 6.45) is 1.16. The highest BCUT2D eigenvalue weighted by Gasteiger charge is 1.98. The van der Waals surface area contributed by atoms with Gasteiger partial charge in [-0.05, 0) is 194 Å². The van der Waals surface area contributed by atoms with Crippen molar-refractivity contribution in [2.45, 2.75) is 26.7 Å². The molecule has 208 valence electrons. The van der Waals surface area contributed by atoms with Crippen LogP contribution in [0.1, 0.15) is 26.7 Å². The van der Waals surface area contributed by atoms with Gasteiger partial charge < -0.3 is 14.8 Å². The first-order valence-corrected chi connectivity index (χ1v) is 12.6. The third-order valence-corrected chi connectivity index (χ3v) is 3.54. The summed E-state index contributed by atoms with van der Waals surface area (Å²) in [4.78, 5) is 23.1. The predicted octanol–water partition coefficient (Wildman–Crippen LogP) is 0.533. The van der Waals surface area contributed by atoms with E-state index in [2.05, 4.69) is 183 Å². The summed E-state index contributed by atoms with van der Waals surface area (Å²) in [6.45, 7) is 4.94. The van der Waals surface area contributed by atoms with Crippen LogP contribution < -0.4 is 5.32 Å². The van der Waals surface area contributed by atoms with Crippen LogP contribution in [0.3, 0.4) is 0 Å². The predicted molar refractivity (Wildman–Crippen MR) is 172 cm³/mol. The van der Waals surface area contributed by atoms with E-state index in [0.717, 1.165) is 0 Å². The van der Waals surface area contributed by atoms with E-state index in [1.807, 2.05) is 0 Å². The Morgan fingerprint density at radius 3 is 0.911 bits per heavy atom. The molecule has 0 atom stereocenters. The summed E-state index contributed by atoms with van der Waals surface area (Å²) >= 11 is 0. The van der Waals surface area contributed by atoms with E-state index in [9.17, 15) is 9.59 Å². The Hall–Kier alpha value is -7.70. The minimum Gasteiger partial charge on any atom is -0.456 e. The third kappa shape index (κ3) is 32.4. The second-order valence-electron chi connectivity index (χ2n) is 6.73. The molecule has 0 unspecified atom stereocenters. The number of hydrogen-bond acceptors (Lipinski definition) is 5. The fourth-order valence-electron chi connectivity index (χ4n) is 1.90. The van der Waals surface area contributed by atoms with E-state index in [1.165, 1.54) is 0 Å². The molecule has 0 fully saturated rings. The molecule has 0 saturated heterocycles. The molecule has 5 heteroatoms. The Labute approximate surface area is 266 Å². The van der Waals surface area contributed by atoms with Crippen LogP contribution in [0.15, 0.2) is 0 Å². The Kier molecular flexibility index (Phi) is 26.9. The van der Waals surface area contributed by atoms with E-state index in [4.69, 9.17) is 9.47 Å². The quantitative estimate of drug-likeness (QED) is 0.198. The molecule has 1 N–H and O–H groups in total. The monoisotopic (exact) mass is 577 g/mol.